The van der Waals surface area contributed by atoms with E-state index in [1.54, 1.807) is 0 Å². The van der Waals surface area contributed by atoms with Crippen LogP contribution in [0.5, 0.6) is 0 Å². The summed E-state index contributed by atoms with van der Waals surface area (Å²) in [5.74, 6) is 0.116. The lowest BCUT2D eigenvalue weighted by Crippen LogP contribution is -2.45. The fourth-order valence-electron chi connectivity index (χ4n) is 3.57. The molecule has 0 unspecified atom stereocenters. The first-order valence-electron chi connectivity index (χ1n) is 10.1. The fraction of sp³-hybridized carbons (Fsp3) is 0.435. The third kappa shape index (κ3) is 6.19. The van der Waals surface area contributed by atoms with Crippen molar-refractivity contribution < 1.29 is 4.79 Å². The molecule has 1 aliphatic heterocycles. The van der Waals surface area contributed by atoms with Crippen molar-refractivity contribution in [3.63, 3.8) is 0 Å². The maximum absolute atomic E-state index is 12.2. The summed E-state index contributed by atoms with van der Waals surface area (Å²) in [6.45, 7) is 9.47. The van der Waals surface area contributed by atoms with Gasteiger partial charge in [-0.25, -0.2) is 0 Å². The van der Waals surface area contributed by atoms with Crippen molar-refractivity contribution in [1.82, 2.24) is 15.1 Å². The van der Waals surface area contributed by atoms with Crippen LogP contribution in [0.2, 0.25) is 0 Å². The number of benzene rings is 2. The van der Waals surface area contributed by atoms with Crippen LogP contribution in [0.4, 0.5) is 0 Å². The Morgan fingerprint density at radius 2 is 1.52 bits per heavy atom. The molecule has 144 valence electrons. The molecule has 0 aromatic heterocycles. The van der Waals surface area contributed by atoms with Gasteiger partial charge in [0.25, 0.3) is 0 Å². The smallest absolute Gasteiger partial charge is 0.220 e. The zero-order valence-corrected chi connectivity index (χ0v) is 16.4. The van der Waals surface area contributed by atoms with Gasteiger partial charge in [0.15, 0.2) is 0 Å². The van der Waals surface area contributed by atoms with Gasteiger partial charge in [-0.1, -0.05) is 61.5 Å². The molecule has 0 atom stereocenters. The molecule has 2 aromatic carbocycles. The second kappa shape index (κ2) is 10.2. The summed E-state index contributed by atoms with van der Waals surface area (Å²) >= 11 is 0. The van der Waals surface area contributed by atoms with Crippen LogP contribution >= 0.6 is 0 Å². The van der Waals surface area contributed by atoms with Gasteiger partial charge in [-0.3, -0.25) is 9.69 Å². The Bertz CT molecular complexity index is 709. The van der Waals surface area contributed by atoms with Gasteiger partial charge in [0.05, 0.1) is 0 Å². The average molecular weight is 366 g/mol. The first-order valence-corrected chi connectivity index (χ1v) is 10.1. The Hall–Kier alpha value is -2.17. The number of amides is 1. The summed E-state index contributed by atoms with van der Waals surface area (Å²) in [6, 6.07) is 18.7. The Balaban J connectivity index is 1.48. The number of carbonyl (C=O) groups is 1. The minimum Gasteiger partial charge on any atom is -0.352 e. The van der Waals surface area contributed by atoms with E-state index in [2.05, 4.69) is 58.4 Å². The Kier molecular flexibility index (Phi) is 7.43. The first kappa shape index (κ1) is 19.6. The minimum atomic E-state index is 0.116. The summed E-state index contributed by atoms with van der Waals surface area (Å²) in [7, 11) is 0. The van der Waals surface area contributed by atoms with Crippen molar-refractivity contribution in [3.05, 3.63) is 71.3 Å². The van der Waals surface area contributed by atoms with E-state index >= 15 is 0 Å². The van der Waals surface area contributed by atoms with Crippen molar-refractivity contribution in [3.8, 4) is 0 Å². The van der Waals surface area contributed by atoms with Crippen LogP contribution in [0.3, 0.4) is 0 Å². The molecule has 1 amide bonds. The zero-order valence-electron chi connectivity index (χ0n) is 16.4. The van der Waals surface area contributed by atoms with Crippen LogP contribution in [0, 0.1) is 0 Å². The van der Waals surface area contributed by atoms with Crippen LogP contribution in [0.15, 0.2) is 54.6 Å². The maximum atomic E-state index is 12.2. The summed E-state index contributed by atoms with van der Waals surface area (Å²) in [4.78, 5) is 17.2. The van der Waals surface area contributed by atoms with E-state index < -0.39 is 0 Å². The minimum absolute atomic E-state index is 0.116. The lowest BCUT2D eigenvalue weighted by atomic mass is 10.1. The summed E-state index contributed by atoms with van der Waals surface area (Å²) < 4.78 is 0. The number of nitrogens with one attached hydrogen (secondary N) is 1. The topological polar surface area (TPSA) is 35.6 Å². The molecule has 3 rings (SSSR count). The predicted molar refractivity (Wildman–Crippen MR) is 110 cm³/mol. The molecule has 1 fully saturated rings. The SMILES string of the molecule is CCN1CCN(Cc2ccccc2CNC(=O)CCc2ccccc2)CC1. The lowest BCUT2D eigenvalue weighted by Gasteiger charge is -2.34. The largest absolute Gasteiger partial charge is 0.352 e. The fourth-order valence-corrected chi connectivity index (χ4v) is 3.57. The van der Waals surface area contributed by atoms with Gasteiger partial charge in [0.2, 0.25) is 5.91 Å². The highest BCUT2D eigenvalue weighted by Crippen LogP contribution is 2.14. The number of rotatable bonds is 8. The molecule has 1 heterocycles. The van der Waals surface area contributed by atoms with Crippen LogP contribution in [-0.2, 0) is 24.3 Å². The molecule has 27 heavy (non-hydrogen) atoms. The second-order valence-electron chi connectivity index (χ2n) is 7.24. The van der Waals surface area contributed by atoms with Crippen molar-refractivity contribution in [1.29, 1.82) is 0 Å². The molecule has 1 N–H and O–H groups in total. The van der Waals surface area contributed by atoms with Gasteiger partial charge in [0, 0.05) is 45.7 Å². The number of likely N-dealkylation sites (N-methyl/N-ethyl adjacent to an activating group) is 1. The van der Waals surface area contributed by atoms with Crippen LogP contribution < -0.4 is 5.32 Å². The number of aryl methyl sites for hydroxylation is 1. The van der Waals surface area contributed by atoms with E-state index in [-0.39, 0.29) is 5.91 Å². The Labute approximate surface area is 163 Å². The highest BCUT2D eigenvalue weighted by molar-refractivity contribution is 5.76. The van der Waals surface area contributed by atoms with Crippen LogP contribution in [-0.4, -0.2) is 48.4 Å². The van der Waals surface area contributed by atoms with E-state index in [4.69, 9.17) is 0 Å². The van der Waals surface area contributed by atoms with Crippen molar-refractivity contribution in [2.45, 2.75) is 32.9 Å². The van der Waals surface area contributed by atoms with Gasteiger partial charge in [0.1, 0.15) is 0 Å². The quantitative estimate of drug-likeness (QED) is 0.781. The number of nitrogens with zero attached hydrogens (tertiary/aromatic N) is 2. The average Bonchev–Trinajstić information content (AvgIpc) is 2.73. The molecule has 0 saturated carbocycles. The highest BCUT2D eigenvalue weighted by Gasteiger charge is 2.16. The van der Waals surface area contributed by atoms with Crippen molar-refractivity contribution >= 4 is 5.91 Å². The number of hydrogen-bond acceptors (Lipinski definition) is 3. The summed E-state index contributed by atoms with van der Waals surface area (Å²) in [6.07, 6.45) is 1.32. The summed E-state index contributed by atoms with van der Waals surface area (Å²) in [5.41, 5.74) is 3.76. The van der Waals surface area contributed by atoms with Gasteiger partial charge < -0.3 is 10.2 Å². The molecule has 1 saturated heterocycles. The maximum Gasteiger partial charge on any atom is 0.220 e. The lowest BCUT2D eigenvalue weighted by molar-refractivity contribution is -0.121. The molecule has 4 heteroatoms. The molecular formula is C23H31N3O. The molecule has 0 radical (unpaired) electrons. The molecule has 2 aromatic rings. The molecular weight excluding hydrogens is 334 g/mol. The highest BCUT2D eigenvalue weighted by atomic mass is 16.1. The number of piperazine rings is 1. The van der Waals surface area contributed by atoms with Gasteiger partial charge >= 0.3 is 0 Å². The van der Waals surface area contributed by atoms with Crippen LogP contribution in [0.1, 0.15) is 30.0 Å². The Morgan fingerprint density at radius 1 is 0.889 bits per heavy atom. The van der Waals surface area contributed by atoms with Gasteiger partial charge in [-0.2, -0.15) is 0 Å². The van der Waals surface area contributed by atoms with Crippen molar-refractivity contribution in [2.75, 3.05) is 32.7 Å². The normalized spacial score (nSPS) is 15.6. The molecule has 0 aliphatic carbocycles. The van der Waals surface area contributed by atoms with Gasteiger partial charge in [-0.15, -0.1) is 0 Å². The number of carbonyl (C=O) groups excluding carboxylic acids is 1. The third-order valence-electron chi connectivity index (χ3n) is 5.38. The van der Waals surface area contributed by atoms with Gasteiger partial charge in [-0.05, 0) is 29.7 Å². The third-order valence-corrected chi connectivity index (χ3v) is 5.38. The van der Waals surface area contributed by atoms with E-state index in [1.165, 1.54) is 16.7 Å². The molecule has 4 nitrogen and oxygen atoms in total. The molecule has 1 aliphatic rings. The monoisotopic (exact) mass is 365 g/mol. The van der Waals surface area contributed by atoms with E-state index in [9.17, 15) is 4.79 Å². The molecule has 0 bridgehead atoms. The second-order valence-corrected chi connectivity index (χ2v) is 7.24. The van der Waals surface area contributed by atoms with E-state index in [0.717, 1.165) is 45.7 Å². The van der Waals surface area contributed by atoms with Crippen molar-refractivity contribution in [2.24, 2.45) is 0 Å². The van der Waals surface area contributed by atoms with Crippen LogP contribution in [0.25, 0.3) is 0 Å². The Morgan fingerprint density at radius 3 is 2.22 bits per heavy atom. The zero-order chi connectivity index (χ0) is 18.9. The predicted octanol–water partition coefficient (Wildman–Crippen LogP) is 3.07. The summed E-state index contributed by atoms with van der Waals surface area (Å²) in [5, 5.41) is 3.10. The van der Waals surface area contributed by atoms with E-state index in [1.807, 2.05) is 18.2 Å². The van der Waals surface area contributed by atoms with E-state index in [0.29, 0.717) is 13.0 Å². The standard InChI is InChI=1S/C23H31N3O/c1-2-25-14-16-26(17-15-25)19-22-11-7-6-10-21(22)18-24-23(27)13-12-20-8-4-3-5-9-20/h3-11H,2,12-19H2,1H3,(H,24,27). The number of hydrogen-bond donors (Lipinski definition) is 1. The molecule has 0 spiro atoms. The first-order chi connectivity index (χ1) is 13.2.